The third kappa shape index (κ3) is 7.05. The summed E-state index contributed by atoms with van der Waals surface area (Å²) >= 11 is 0. The molecule has 0 amide bonds. The van der Waals surface area contributed by atoms with Gasteiger partial charge in [0.05, 0.1) is 0 Å². The summed E-state index contributed by atoms with van der Waals surface area (Å²) in [6.45, 7) is 8.20. The second kappa shape index (κ2) is 7.38. The maximum Gasteiger partial charge on any atom is 0.00387 e. The van der Waals surface area contributed by atoms with Crippen LogP contribution in [0.1, 0.15) is 52.4 Å². The van der Waals surface area contributed by atoms with Crippen LogP contribution in [0.4, 0.5) is 0 Å². The van der Waals surface area contributed by atoms with Crippen molar-refractivity contribution >= 4 is 0 Å². The zero-order valence-electron chi connectivity index (χ0n) is 12.4. The van der Waals surface area contributed by atoms with Gasteiger partial charge in [-0.1, -0.05) is 46.0 Å². The molecule has 0 unspecified atom stereocenters. The van der Waals surface area contributed by atoms with Crippen LogP contribution in [0.3, 0.4) is 0 Å². The number of hydrogen-bond acceptors (Lipinski definition) is 2. The average molecular weight is 240 g/mol. The topological polar surface area (TPSA) is 15.3 Å². The van der Waals surface area contributed by atoms with Crippen LogP contribution >= 0.6 is 0 Å². The van der Waals surface area contributed by atoms with Crippen LogP contribution in [0.2, 0.25) is 0 Å². The smallest absolute Gasteiger partial charge is 0.00387 e. The summed E-state index contributed by atoms with van der Waals surface area (Å²) < 4.78 is 0. The summed E-state index contributed by atoms with van der Waals surface area (Å²) in [5.74, 6) is 1.01. The largest absolute Gasteiger partial charge is 0.316 e. The molecule has 1 saturated carbocycles. The summed E-state index contributed by atoms with van der Waals surface area (Å²) in [6.07, 6.45) is 8.75. The third-order valence-corrected chi connectivity index (χ3v) is 3.80. The molecule has 1 N–H and O–H groups in total. The summed E-state index contributed by atoms with van der Waals surface area (Å²) in [5.41, 5.74) is 0.385. The molecule has 0 aromatic rings. The standard InChI is InChI=1S/C15H32N2/c1-15(2,13-17(3)4)12-16-11-10-14-8-6-5-7-9-14/h14,16H,5-13H2,1-4H3. The number of nitrogens with zero attached hydrogens (tertiary/aromatic N) is 1. The van der Waals surface area contributed by atoms with E-state index in [-0.39, 0.29) is 0 Å². The van der Waals surface area contributed by atoms with Crippen LogP contribution in [0.25, 0.3) is 0 Å². The lowest BCUT2D eigenvalue weighted by Gasteiger charge is -2.29. The quantitative estimate of drug-likeness (QED) is 0.688. The van der Waals surface area contributed by atoms with Gasteiger partial charge in [-0.15, -0.1) is 0 Å². The fourth-order valence-corrected chi connectivity index (χ4v) is 3.12. The minimum absolute atomic E-state index is 0.385. The Balaban J connectivity index is 2.06. The first-order valence-corrected chi connectivity index (χ1v) is 7.35. The Morgan fingerprint density at radius 2 is 1.76 bits per heavy atom. The molecule has 1 aliphatic rings. The van der Waals surface area contributed by atoms with Gasteiger partial charge in [-0.2, -0.15) is 0 Å². The van der Waals surface area contributed by atoms with Gasteiger partial charge in [-0.05, 0) is 38.4 Å². The Morgan fingerprint density at radius 1 is 1.12 bits per heavy atom. The van der Waals surface area contributed by atoms with Gasteiger partial charge in [0.25, 0.3) is 0 Å². The monoisotopic (exact) mass is 240 g/mol. The first kappa shape index (κ1) is 15.0. The van der Waals surface area contributed by atoms with Crippen molar-refractivity contribution in [2.45, 2.75) is 52.4 Å². The normalized spacial score (nSPS) is 18.9. The lowest BCUT2D eigenvalue weighted by atomic mass is 9.87. The average Bonchev–Trinajstić information content (AvgIpc) is 2.24. The third-order valence-electron chi connectivity index (χ3n) is 3.80. The molecule has 2 heteroatoms. The van der Waals surface area contributed by atoms with E-state index in [1.807, 2.05) is 0 Å². The van der Waals surface area contributed by atoms with E-state index in [2.05, 4.69) is 38.2 Å². The van der Waals surface area contributed by atoms with Gasteiger partial charge in [-0.3, -0.25) is 0 Å². The maximum absolute atomic E-state index is 3.65. The Morgan fingerprint density at radius 3 is 2.35 bits per heavy atom. The van der Waals surface area contributed by atoms with E-state index in [1.54, 1.807) is 0 Å². The minimum atomic E-state index is 0.385. The van der Waals surface area contributed by atoms with Crippen LogP contribution in [0.5, 0.6) is 0 Å². The molecule has 1 rings (SSSR count). The van der Waals surface area contributed by atoms with Crippen LogP contribution in [-0.4, -0.2) is 38.6 Å². The Hall–Kier alpha value is -0.0800. The van der Waals surface area contributed by atoms with E-state index in [0.29, 0.717) is 5.41 Å². The van der Waals surface area contributed by atoms with Crippen molar-refractivity contribution in [1.29, 1.82) is 0 Å². The van der Waals surface area contributed by atoms with Crippen molar-refractivity contribution in [3.63, 3.8) is 0 Å². The van der Waals surface area contributed by atoms with E-state index in [0.717, 1.165) is 19.0 Å². The van der Waals surface area contributed by atoms with E-state index < -0.39 is 0 Å². The Bertz CT molecular complexity index is 193. The molecule has 1 aliphatic carbocycles. The second-order valence-electron chi connectivity index (χ2n) is 6.87. The van der Waals surface area contributed by atoms with Crippen molar-refractivity contribution in [2.75, 3.05) is 33.7 Å². The van der Waals surface area contributed by atoms with Gasteiger partial charge in [0.2, 0.25) is 0 Å². The first-order valence-electron chi connectivity index (χ1n) is 7.35. The molecule has 0 bridgehead atoms. The molecular formula is C15H32N2. The summed E-state index contributed by atoms with van der Waals surface area (Å²) in [7, 11) is 4.31. The van der Waals surface area contributed by atoms with Crippen LogP contribution in [0, 0.1) is 11.3 Å². The molecule has 2 nitrogen and oxygen atoms in total. The molecule has 1 fully saturated rings. The van der Waals surface area contributed by atoms with Gasteiger partial charge in [-0.25, -0.2) is 0 Å². The Kier molecular flexibility index (Phi) is 6.50. The highest BCUT2D eigenvalue weighted by Gasteiger charge is 2.18. The van der Waals surface area contributed by atoms with E-state index >= 15 is 0 Å². The molecule has 0 aromatic heterocycles. The highest BCUT2D eigenvalue weighted by Crippen LogP contribution is 2.25. The fourth-order valence-electron chi connectivity index (χ4n) is 3.12. The van der Waals surface area contributed by atoms with Crippen molar-refractivity contribution in [1.82, 2.24) is 10.2 Å². The fraction of sp³-hybridized carbons (Fsp3) is 1.00. The molecule has 0 saturated heterocycles. The van der Waals surface area contributed by atoms with Gasteiger partial charge in [0.1, 0.15) is 0 Å². The molecule has 0 atom stereocenters. The van der Waals surface area contributed by atoms with Crippen molar-refractivity contribution in [2.24, 2.45) is 11.3 Å². The van der Waals surface area contributed by atoms with Crippen molar-refractivity contribution < 1.29 is 0 Å². The predicted octanol–water partition coefficient (Wildman–Crippen LogP) is 3.13. The highest BCUT2D eigenvalue weighted by atomic mass is 15.1. The minimum Gasteiger partial charge on any atom is -0.316 e. The molecule has 0 radical (unpaired) electrons. The molecule has 0 heterocycles. The van der Waals surface area contributed by atoms with Crippen LogP contribution < -0.4 is 5.32 Å². The lowest BCUT2D eigenvalue weighted by Crippen LogP contribution is -2.38. The highest BCUT2D eigenvalue weighted by molar-refractivity contribution is 4.75. The lowest BCUT2D eigenvalue weighted by molar-refractivity contribution is 0.229. The van der Waals surface area contributed by atoms with Gasteiger partial charge in [0.15, 0.2) is 0 Å². The predicted molar refractivity (Wildman–Crippen MR) is 76.4 cm³/mol. The molecule has 0 aliphatic heterocycles. The molecule has 0 aromatic carbocycles. The zero-order valence-corrected chi connectivity index (χ0v) is 12.4. The molecular weight excluding hydrogens is 208 g/mol. The second-order valence-corrected chi connectivity index (χ2v) is 6.87. The first-order chi connectivity index (χ1) is 7.99. The maximum atomic E-state index is 3.65. The number of hydrogen-bond donors (Lipinski definition) is 1. The number of nitrogens with one attached hydrogen (secondary N) is 1. The van der Waals surface area contributed by atoms with Gasteiger partial charge < -0.3 is 10.2 Å². The summed E-state index contributed by atoms with van der Waals surface area (Å²) in [5, 5.41) is 3.65. The van der Waals surface area contributed by atoms with Crippen molar-refractivity contribution in [3.05, 3.63) is 0 Å². The van der Waals surface area contributed by atoms with Gasteiger partial charge >= 0.3 is 0 Å². The van der Waals surface area contributed by atoms with E-state index in [4.69, 9.17) is 0 Å². The molecule has 102 valence electrons. The molecule has 0 spiro atoms. The van der Waals surface area contributed by atoms with Crippen molar-refractivity contribution in [3.8, 4) is 0 Å². The number of rotatable bonds is 7. The summed E-state index contributed by atoms with van der Waals surface area (Å²) in [6, 6.07) is 0. The van der Waals surface area contributed by atoms with Gasteiger partial charge in [0, 0.05) is 13.1 Å². The molecule has 17 heavy (non-hydrogen) atoms. The SMILES string of the molecule is CN(C)CC(C)(C)CNCCC1CCCCC1. The zero-order chi connectivity index (χ0) is 12.7. The van der Waals surface area contributed by atoms with Crippen LogP contribution in [0.15, 0.2) is 0 Å². The van der Waals surface area contributed by atoms with E-state index in [1.165, 1.54) is 45.1 Å². The van der Waals surface area contributed by atoms with Crippen LogP contribution in [-0.2, 0) is 0 Å². The summed E-state index contributed by atoms with van der Waals surface area (Å²) in [4.78, 5) is 2.28. The van der Waals surface area contributed by atoms with E-state index in [9.17, 15) is 0 Å². The Labute approximate surface area is 108 Å².